The number of rotatable bonds is 5. The van der Waals surface area contributed by atoms with Crippen molar-refractivity contribution >= 4 is 17.1 Å². The third kappa shape index (κ3) is 2.43. The zero-order chi connectivity index (χ0) is 12.3. The Hall–Kier alpha value is -1.93. The quantitative estimate of drug-likeness (QED) is 0.460. The highest BCUT2D eigenvalue weighted by Gasteiger charge is 2.08. The van der Waals surface area contributed by atoms with Crippen LogP contribution in [0.2, 0.25) is 0 Å². The van der Waals surface area contributed by atoms with Crippen molar-refractivity contribution < 1.29 is 5.11 Å². The van der Waals surface area contributed by atoms with Crippen LogP contribution in [0.1, 0.15) is 0 Å². The zero-order valence-electron chi connectivity index (χ0n) is 9.18. The Morgan fingerprint density at radius 1 is 1.53 bits per heavy atom. The van der Waals surface area contributed by atoms with Crippen molar-refractivity contribution in [3.63, 3.8) is 0 Å². The first kappa shape index (κ1) is 11.6. The van der Waals surface area contributed by atoms with Crippen molar-refractivity contribution in [3.8, 4) is 0 Å². The molecular weight excluding hydrogens is 224 g/mol. The second kappa shape index (κ2) is 4.93. The summed E-state index contributed by atoms with van der Waals surface area (Å²) in [6, 6.07) is 0. The minimum Gasteiger partial charge on any atom is -0.395 e. The van der Waals surface area contributed by atoms with E-state index < -0.39 is 0 Å². The number of aliphatic hydroxyl groups excluding tert-OH is 1. The van der Waals surface area contributed by atoms with Crippen LogP contribution in [-0.2, 0) is 6.54 Å². The summed E-state index contributed by atoms with van der Waals surface area (Å²) < 4.78 is 1.70. The highest BCUT2D eigenvalue weighted by molar-refractivity contribution is 5.70. The summed E-state index contributed by atoms with van der Waals surface area (Å²) in [5, 5.41) is 11.6. The van der Waals surface area contributed by atoms with E-state index in [-0.39, 0.29) is 18.1 Å². The number of aromatic nitrogens is 4. The number of fused-ring (bicyclic) bond motifs is 1. The minimum absolute atomic E-state index is 0.0613. The standard InChI is InChI=1S/C9H14N6O2/c10-9-13-7-6(8(17)14-9)15(5-12-7)3-1-11-2-4-16/h5,11,16H,1-4H2,(H3,10,13,14,17). The number of imidazole rings is 1. The molecule has 0 saturated heterocycles. The van der Waals surface area contributed by atoms with Crippen molar-refractivity contribution in [1.29, 1.82) is 0 Å². The van der Waals surface area contributed by atoms with Crippen LogP contribution in [0.4, 0.5) is 5.95 Å². The van der Waals surface area contributed by atoms with Gasteiger partial charge in [-0.1, -0.05) is 0 Å². The number of nitrogens with one attached hydrogen (secondary N) is 2. The Labute approximate surface area is 96.5 Å². The predicted molar refractivity (Wildman–Crippen MR) is 62.5 cm³/mol. The highest BCUT2D eigenvalue weighted by Crippen LogP contribution is 2.04. The molecule has 2 rings (SSSR count). The van der Waals surface area contributed by atoms with Crippen LogP contribution in [0, 0.1) is 0 Å². The number of hydrogen-bond donors (Lipinski definition) is 4. The monoisotopic (exact) mass is 238 g/mol. The third-order valence-corrected chi connectivity index (χ3v) is 2.32. The number of nitrogens with zero attached hydrogens (tertiary/aromatic N) is 3. The molecule has 17 heavy (non-hydrogen) atoms. The molecule has 5 N–H and O–H groups in total. The van der Waals surface area contributed by atoms with E-state index in [1.165, 1.54) is 0 Å². The van der Waals surface area contributed by atoms with Crippen LogP contribution < -0.4 is 16.6 Å². The average molecular weight is 238 g/mol. The molecule has 0 bridgehead atoms. The fraction of sp³-hybridized carbons (Fsp3) is 0.444. The number of nitrogens with two attached hydrogens (primary N) is 1. The molecule has 2 heterocycles. The van der Waals surface area contributed by atoms with E-state index in [0.717, 1.165) is 0 Å². The fourth-order valence-electron chi connectivity index (χ4n) is 1.58. The summed E-state index contributed by atoms with van der Waals surface area (Å²) in [7, 11) is 0. The molecule has 8 heteroatoms. The highest BCUT2D eigenvalue weighted by atomic mass is 16.3. The molecule has 0 aliphatic heterocycles. The lowest BCUT2D eigenvalue weighted by Crippen LogP contribution is -2.24. The van der Waals surface area contributed by atoms with Gasteiger partial charge in [-0.05, 0) is 0 Å². The van der Waals surface area contributed by atoms with Crippen LogP contribution in [0.25, 0.3) is 11.2 Å². The normalized spacial score (nSPS) is 11.1. The number of aromatic amines is 1. The van der Waals surface area contributed by atoms with Crippen LogP contribution in [-0.4, -0.2) is 44.3 Å². The lowest BCUT2D eigenvalue weighted by Gasteiger charge is -2.04. The lowest BCUT2D eigenvalue weighted by molar-refractivity contribution is 0.291. The first-order valence-electron chi connectivity index (χ1n) is 5.24. The van der Waals surface area contributed by atoms with E-state index in [9.17, 15) is 4.79 Å². The average Bonchev–Trinajstić information content (AvgIpc) is 2.68. The molecule has 0 aliphatic carbocycles. The number of hydrogen-bond acceptors (Lipinski definition) is 6. The van der Waals surface area contributed by atoms with Crippen LogP contribution in [0.15, 0.2) is 11.1 Å². The van der Waals surface area contributed by atoms with Crippen molar-refractivity contribution in [1.82, 2.24) is 24.8 Å². The SMILES string of the molecule is Nc1nc2ncn(CCNCCO)c2c(=O)[nH]1. The van der Waals surface area contributed by atoms with Gasteiger partial charge in [0, 0.05) is 19.6 Å². The van der Waals surface area contributed by atoms with Gasteiger partial charge in [-0.15, -0.1) is 0 Å². The van der Waals surface area contributed by atoms with Gasteiger partial charge in [-0.3, -0.25) is 9.78 Å². The largest absolute Gasteiger partial charge is 0.395 e. The minimum atomic E-state index is -0.299. The molecule has 0 spiro atoms. The Balaban J connectivity index is 2.21. The molecule has 0 amide bonds. The van der Waals surface area contributed by atoms with Crippen molar-refractivity contribution in [3.05, 3.63) is 16.7 Å². The van der Waals surface area contributed by atoms with Gasteiger partial charge in [0.05, 0.1) is 12.9 Å². The molecule has 0 fully saturated rings. The van der Waals surface area contributed by atoms with E-state index in [2.05, 4.69) is 20.3 Å². The fourth-order valence-corrected chi connectivity index (χ4v) is 1.58. The summed E-state index contributed by atoms with van der Waals surface area (Å²) in [5.74, 6) is 0.0613. The number of anilines is 1. The third-order valence-electron chi connectivity index (χ3n) is 2.32. The Bertz CT molecular complexity index is 560. The molecule has 0 radical (unpaired) electrons. The molecule has 0 aromatic carbocycles. The predicted octanol–water partition coefficient (Wildman–Crippen LogP) is -1.72. The molecule has 0 unspecified atom stereocenters. The van der Waals surface area contributed by atoms with Gasteiger partial charge in [0.1, 0.15) is 0 Å². The smallest absolute Gasteiger partial charge is 0.278 e. The summed E-state index contributed by atoms with van der Waals surface area (Å²) in [6.45, 7) is 1.82. The van der Waals surface area contributed by atoms with Crippen molar-refractivity contribution in [2.75, 3.05) is 25.4 Å². The Morgan fingerprint density at radius 3 is 3.12 bits per heavy atom. The molecule has 2 aromatic heterocycles. The van der Waals surface area contributed by atoms with E-state index in [4.69, 9.17) is 10.8 Å². The first-order chi connectivity index (χ1) is 8.22. The summed E-state index contributed by atoms with van der Waals surface area (Å²) in [5.41, 5.74) is 5.87. The second-order valence-electron chi connectivity index (χ2n) is 3.53. The Morgan fingerprint density at radius 2 is 2.35 bits per heavy atom. The summed E-state index contributed by atoms with van der Waals surface area (Å²) >= 11 is 0. The number of H-pyrrole nitrogens is 1. The van der Waals surface area contributed by atoms with E-state index in [1.54, 1.807) is 10.9 Å². The summed E-state index contributed by atoms with van der Waals surface area (Å²) in [6.07, 6.45) is 1.55. The van der Waals surface area contributed by atoms with Crippen LogP contribution >= 0.6 is 0 Å². The molecule has 0 aliphatic rings. The molecule has 0 atom stereocenters. The topological polar surface area (TPSA) is 122 Å². The number of aliphatic hydroxyl groups is 1. The van der Waals surface area contributed by atoms with Crippen molar-refractivity contribution in [2.24, 2.45) is 0 Å². The van der Waals surface area contributed by atoms with Gasteiger partial charge < -0.3 is 20.7 Å². The molecular formula is C9H14N6O2. The van der Waals surface area contributed by atoms with E-state index >= 15 is 0 Å². The van der Waals surface area contributed by atoms with Crippen LogP contribution in [0.5, 0.6) is 0 Å². The van der Waals surface area contributed by atoms with Crippen LogP contribution in [0.3, 0.4) is 0 Å². The first-order valence-corrected chi connectivity index (χ1v) is 5.24. The van der Waals surface area contributed by atoms with Gasteiger partial charge in [0.2, 0.25) is 5.95 Å². The molecule has 8 nitrogen and oxygen atoms in total. The second-order valence-corrected chi connectivity index (χ2v) is 3.53. The van der Waals surface area contributed by atoms with Gasteiger partial charge in [-0.2, -0.15) is 4.98 Å². The maximum atomic E-state index is 11.7. The number of nitrogen functional groups attached to an aromatic ring is 1. The Kier molecular flexibility index (Phi) is 3.35. The van der Waals surface area contributed by atoms with Gasteiger partial charge in [-0.25, -0.2) is 4.98 Å². The van der Waals surface area contributed by atoms with Crippen molar-refractivity contribution in [2.45, 2.75) is 6.54 Å². The summed E-state index contributed by atoms with van der Waals surface area (Å²) in [4.78, 5) is 22.0. The molecule has 2 aromatic rings. The van der Waals surface area contributed by atoms with Gasteiger partial charge in [0.25, 0.3) is 5.56 Å². The molecule has 92 valence electrons. The maximum absolute atomic E-state index is 11.7. The van der Waals surface area contributed by atoms with Gasteiger partial charge in [0.15, 0.2) is 11.2 Å². The lowest BCUT2D eigenvalue weighted by atomic mass is 10.5. The maximum Gasteiger partial charge on any atom is 0.278 e. The van der Waals surface area contributed by atoms with E-state index in [0.29, 0.717) is 30.8 Å². The molecule has 0 saturated carbocycles. The zero-order valence-corrected chi connectivity index (χ0v) is 9.18. The van der Waals surface area contributed by atoms with Gasteiger partial charge >= 0.3 is 0 Å². The van der Waals surface area contributed by atoms with E-state index in [1.807, 2.05) is 0 Å².